The first-order valence-electron chi connectivity index (χ1n) is 7.55. The molecular formula is C17H27N. The van der Waals surface area contributed by atoms with Crippen molar-refractivity contribution in [3.8, 4) is 0 Å². The maximum atomic E-state index is 3.50. The summed E-state index contributed by atoms with van der Waals surface area (Å²) in [6.07, 6.45) is 6.68. The summed E-state index contributed by atoms with van der Waals surface area (Å²) >= 11 is 0. The maximum absolute atomic E-state index is 3.50. The Balaban J connectivity index is 1.66. The summed E-state index contributed by atoms with van der Waals surface area (Å²) in [5.74, 6) is 1.62. The molecule has 0 heterocycles. The van der Waals surface area contributed by atoms with E-state index in [1.807, 2.05) is 0 Å². The Morgan fingerprint density at radius 3 is 2.44 bits per heavy atom. The van der Waals surface area contributed by atoms with Crippen LogP contribution in [-0.2, 0) is 6.42 Å². The van der Waals surface area contributed by atoms with Crippen molar-refractivity contribution in [2.45, 2.75) is 51.9 Å². The van der Waals surface area contributed by atoms with Crippen LogP contribution in [0.25, 0.3) is 0 Å². The van der Waals surface area contributed by atoms with Gasteiger partial charge in [-0.15, -0.1) is 0 Å². The highest BCUT2D eigenvalue weighted by atomic mass is 14.8. The van der Waals surface area contributed by atoms with Crippen LogP contribution in [0.2, 0.25) is 0 Å². The Morgan fingerprint density at radius 2 is 1.89 bits per heavy atom. The second-order valence-corrected chi connectivity index (χ2v) is 6.07. The van der Waals surface area contributed by atoms with Gasteiger partial charge in [0.15, 0.2) is 0 Å². The fourth-order valence-corrected chi connectivity index (χ4v) is 2.51. The summed E-state index contributed by atoms with van der Waals surface area (Å²) in [6, 6.07) is 9.35. The zero-order valence-electron chi connectivity index (χ0n) is 11.9. The van der Waals surface area contributed by atoms with Gasteiger partial charge in [0.2, 0.25) is 0 Å². The lowest BCUT2D eigenvalue weighted by molar-refractivity contribution is 0.419. The van der Waals surface area contributed by atoms with Crippen molar-refractivity contribution < 1.29 is 0 Å². The van der Waals surface area contributed by atoms with Gasteiger partial charge in [0.25, 0.3) is 0 Å². The van der Waals surface area contributed by atoms with Crippen LogP contribution in [-0.4, -0.2) is 13.1 Å². The lowest BCUT2D eigenvalue weighted by Gasteiger charge is -2.25. The summed E-state index contributed by atoms with van der Waals surface area (Å²) in [5, 5.41) is 3.50. The molecule has 0 aromatic heterocycles. The first kappa shape index (κ1) is 13.6. The lowest BCUT2D eigenvalue weighted by Crippen LogP contribution is -2.21. The van der Waals surface area contributed by atoms with E-state index >= 15 is 0 Å². The molecule has 0 bridgehead atoms. The average Bonchev–Trinajstić information content (AvgIpc) is 2.28. The minimum Gasteiger partial charge on any atom is -0.316 e. The lowest BCUT2D eigenvalue weighted by atomic mass is 9.80. The second kappa shape index (κ2) is 6.94. The highest BCUT2D eigenvalue weighted by Gasteiger charge is 2.18. The van der Waals surface area contributed by atoms with Gasteiger partial charge in [-0.2, -0.15) is 0 Å². The Kier molecular flexibility index (Phi) is 5.25. The van der Waals surface area contributed by atoms with Crippen molar-refractivity contribution in [1.29, 1.82) is 0 Å². The van der Waals surface area contributed by atoms with Crippen molar-refractivity contribution in [2.75, 3.05) is 13.1 Å². The predicted molar refractivity (Wildman–Crippen MR) is 79.1 cm³/mol. The van der Waals surface area contributed by atoms with Gasteiger partial charge < -0.3 is 5.32 Å². The summed E-state index contributed by atoms with van der Waals surface area (Å²) in [6.45, 7) is 6.79. The van der Waals surface area contributed by atoms with Crippen molar-refractivity contribution in [2.24, 2.45) is 5.92 Å². The molecule has 0 spiro atoms. The van der Waals surface area contributed by atoms with Gasteiger partial charge >= 0.3 is 0 Å². The molecule has 1 fully saturated rings. The largest absolute Gasteiger partial charge is 0.316 e. The van der Waals surface area contributed by atoms with Crippen molar-refractivity contribution in [3.05, 3.63) is 35.4 Å². The Bertz CT molecular complexity index is 335. The van der Waals surface area contributed by atoms with Gasteiger partial charge in [-0.25, -0.2) is 0 Å². The number of hydrogen-bond acceptors (Lipinski definition) is 1. The third-order valence-corrected chi connectivity index (χ3v) is 3.93. The SMILES string of the molecule is CC(C)CNCCCc1ccc(C2CCC2)cc1. The van der Waals surface area contributed by atoms with E-state index in [2.05, 4.69) is 43.4 Å². The van der Waals surface area contributed by atoms with Crippen LogP contribution in [0.1, 0.15) is 56.6 Å². The van der Waals surface area contributed by atoms with E-state index < -0.39 is 0 Å². The quantitative estimate of drug-likeness (QED) is 0.712. The van der Waals surface area contributed by atoms with Crippen molar-refractivity contribution in [1.82, 2.24) is 5.32 Å². The molecule has 1 N–H and O–H groups in total. The van der Waals surface area contributed by atoms with Crippen LogP contribution in [0.15, 0.2) is 24.3 Å². The fourth-order valence-electron chi connectivity index (χ4n) is 2.51. The minimum absolute atomic E-state index is 0.756. The molecule has 18 heavy (non-hydrogen) atoms. The van der Waals surface area contributed by atoms with Crippen LogP contribution >= 0.6 is 0 Å². The molecule has 1 aliphatic rings. The zero-order chi connectivity index (χ0) is 12.8. The van der Waals surface area contributed by atoms with E-state index in [0.717, 1.165) is 24.9 Å². The Morgan fingerprint density at radius 1 is 1.17 bits per heavy atom. The number of aryl methyl sites for hydroxylation is 1. The smallest absolute Gasteiger partial charge is 0.00258 e. The monoisotopic (exact) mass is 245 g/mol. The van der Waals surface area contributed by atoms with Gasteiger partial charge in [0.1, 0.15) is 0 Å². The number of hydrogen-bond donors (Lipinski definition) is 1. The highest BCUT2D eigenvalue weighted by Crippen LogP contribution is 2.36. The molecule has 1 aromatic carbocycles. The molecule has 0 unspecified atom stereocenters. The molecular weight excluding hydrogens is 218 g/mol. The van der Waals surface area contributed by atoms with E-state index in [1.54, 1.807) is 5.56 Å². The molecule has 100 valence electrons. The molecule has 1 aliphatic carbocycles. The number of benzene rings is 1. The molecule has 0 saturated heterocycles. The van der Waals surface area contributed by atoms with Gasteiger partial charge in [-0.3, -0.25) is 0 Å². The second-order valence-electron chi connectivity index (χ2n) is 6.07. The Hall–Kier alpha value is -0.820. The number of nitrogens with one attached hydrogen (secondary N) is 1. The van der Waals surface area contributed by atoms with Crippen molar-refractivity contribution in [3.63, 3.8) is 0 Å². The first-order valence-corrected chi connectivity index (χ1v) is 7.55. The standard InChI is InChI=1S/C17H27N/c1-14(2)13-18-12-4-5-15-8-10-17(11-9-15)16-6-3-7-16/h8-11,14,16,18H,3-7,12-13H2,1-2H3. The van der Waals surface area contributed by atoms with Crippen LogP contribution in [0.3, 0.4) is 0 Å². The molecule has 1 heteroatoms. The Labute approximate surface area is 112 Å². The fraction of sp³-hybridized carbons (Fsp3) is 0.647. The number of rotatable bonds is 7. The molecule has 2 rings (SSSR count). The normalized spacial score (nSPS) is 15.9. The molecule has 0 atom stereocenters. The summed E-state index contributed by atoms with van der Waals surface area (Å²) in [7, 11) is 0. The van der Waals surface area contributed by atoms with E-state index in [-0.39, 0.29) is 0 Å². The molecule has 0 amide bonds. The van der Waals surface area contributed by atoms with Crippen LogP contribution in [0.5, 0.6) is 0 Å². The third-order valence-electron chi connectivity index (χ3n) is 3.93. The van der Waals surface area contributed by atoms with E-state index in [1.165, 1.54) is 37.7 Å². The van der Waals surface area contributed by atoms with Crippen LogP contribution < -0.4 is 5.32 Å². The summed E-state index contributed by atoms with van der Waals surface area (Å²) in [4.78, 5) is 0. The highest BCUT2D eigenvalue weighted by molar-refractivity contribution is 5.26. The average molecular weight is 245 g/mol. The van der Waals surface area contributed by atoms with Gasteiger partial charge in [0, 0.05) is 0 Å². The molecule has 0 radical (unpaired) electrons. The van der Waals surface area contributed by atoms with E-state index in [0.29, 0.717) is 0 Å². The van der Waals surface area contributed by atoms with Crippen molar-refractivity contribution >= 4 is 0 Å². The van der Waals surface area contributed by atoms with Gasteiger partial charge in [0.05, 0.1) is 0 Å². The summed E-state index contributed by atoms with van der Waals surface area (Å²) < 4.78 is 0. The predicted octanol–water partition coefficient (Wildman–Crippen LogP) is 4.13. The molecule has 1 nitrogen and oxygen atoms in total. The van der Waals surface area contributed by atoms with E-state index in [9.17, 15) is 0 Å². The first-order chi connectivity index (χ1) is 8.75. The topological polar surface area (TPSA) is 12.0 Å². The van der Waals surface area contributed by atoms with E-state index in [4.69, 9.17) is 0 Å². The zero-order valence-corrected chi connectivity index (χ0v) is 11.9. The summed E-state index contributed by atoms with van der Waals surface area (Å²) in [5.41, 5.74) is 3.05. The maximum Gasteiger partial charge on any atom is -0.00258 e. The molecule has 0 aliphatic heterocycles. The van der Waals surface area contributed by atoms with Gasteiger partial charge in [-0.05, 0) is 61.7 Å². The van der Waals surface area contributed by atoms with Crippen LogP contribution in [0, 0.1) is 5.92 Å². The van der Waals surface area contributed by atoms with Gasteiger partial charge in [-0.1, -0.05) is 44.5 Å². The third kappa shape index (κ3) is 4.13. The molecule has 1 saturated carbocycles. The molecule has 1 aromatic rings. The van der Waals surface area contributed by atoms with Crippen LogP contribution in [0.4, 0.5) is 0 Å². The minimum atomic E-state index is 0.756.